The highest BCUT2D eigenvalue weighted by atomic mass is 79.9. The van der Waals surface area contributed by atoms with Crippen LogP contribution >= 0.6 is 15.9 Å². The summed E-state index contributed by atoms with van der Waals surface area (Å²) in [5.41, 5.74) is 3.56. The maximum atomic E-state index is 9.33. The van der Waals surface area contributed by atoms with E-state index in [1.165, 1.54) is 0 Å². The van der Waals surface area contributed by atoms with Gasteiger partial charge in [0.15, 0.2) is 0 Å². The van der Waals surface area contributed by atoms with E-state index in [0.717, 1.165) is 27.1 Å². The van der Waals surface area contributed by atoms with Crippen molar-refractivity contribution in [3.05, 3.63) is 45.7 Å². The van der Waals surface area contributed by atoms with Crippen LogP contribution in [0.25, 0.3) is 0 Å². The molecule has 0 saturated carbocycles. The van der Waals surface area contributed by atoms with E-state index in [4.69, 9.17) is 0 Å². The summed E-state index contributed by atoms with van der Waals surface area (Å²) in [5, 5.41) is 19.6. The third-order valence-corrected chi connectivity index (χ3v) is 3.47. The van der Waals surface area contributed by atoms with Crippen LogP contribution in [-0.4, -0.2) is 10.2 Å². The number of hydrogen-bond acceptors (Lipinski definition) is 3. The molecule has 1 heterocycles. The monoisotopic (exact) mass is 304 g/mol. The Hall–Kier alpha value is -1.80. The van der Waals surface area contributed by atoms with Crippen molar-refractivity contribution >= 4 is 21.6 Å². The van der Waals surface area contributed by atoms with Gasteiger partial charge in [-0.1, -0.05) is 12.1 Å². The van der Waals surface area contributed by atoms with Crippen molar-refractivity contribution in [3.63, 3.8) is 0 Å². The molecule has 18 heavy (non-hydrogen) atoms. The largest absolute Gasteiger partial charge is 0.365 e. The van der Waals surface area contributed by atoms with Crippen molar-refractivity contribution in [2.75, 3.05) is 5.32 Å². The number of para-hydroxylation sites is 1. The highest BCUT2D eigenvalue weighted by Crippen LogP contribution is 2.28. The topological polar surface area (TPSA) is 64.5 Å². The standard InChI is InChI=1S/C13H13BrN4/c1-8-13(9(2)18-17-8)12(7-15)16-11-6-4-3-5-10(11)14/h3-6,12,16H,1-2H3,(H,17,18). The van der Waals surface area contributed by atoms with Crippen molar-refractivity contribution in [3.8, 4) is 6.07 Å². The van der Waals surface area contributed by atoms with Crippen molar-refractivity contribution < 1.29 is 0 Å². The number of aromatic amines is 1. The fourth-order valence-electron chi connectivity index (χ4n) is 1.89. The third kappa shape index (κ3) is 2.39. The molecular weight excluding hydrogens is 292 g/mol. The van der Waals surface area contributed by atoms with Gasteiger partial charge >= 0.3 is 0 Å². The van der Waals surface area contributed by atoms with E-state index in [0.29, 0.717) is 0 Å². The summed E-state index contributed by atoms with van der Waals surface area (Å²) in [6, 6.07) is 9.58. The normalized spacial score (nSPS) is 11.9. The molecule has 0 radical (unpaired) electrons. The lowest BCUT2D eigenvalue weighted by atomic mass is 10.1. The second-order valence-electron chi connectivity index (χ2n) is 4.03. The molecule has 1 atom stereocenters. The first kappa shape index (κ1) is 12.7. The number of H-pyrrole nitrogens is 1. The zero-order valence-electron chi connectivity index (χ0n) is 10.2. The maximum absolute atomic E-state index is 9.33. The summed E-state index contributed by atoms with van der Waals surface area (Å²) in [6.45, 7) is 3.81. The predicted molar refractivity (Wildman–Crippen MR) is 74.2 cm³/mol. The maximum Gasteiger partial charge on any atom is 0.143 e. The number of nitrogens with one attached hydrogen (secondary N) is 2. The summed E-state index contributed by atoms with van der Waals surface area (Å²) in [7, 11) is 0. The third-order valence-electron chi connectivity index (χ3n) is 2.78. The van der Waals surface area contributed by atoms with Crippen LogP contribution in [0.2, 0.25) is 0 Å². The molecule has 5 heteroatoms. The predicted octanol–water partition coefficient (Wildman–Crippen LogP) is 3.47. The van der Waals surface area contributed by atoms with Crippen molar-refractivity contribution in [2.45, 2.75) is 19.9 Å². The summed E-state index contributed by atoms with van der Waals surface area (Å²) in [6.07, 6.45) is 0. The van der Waals surface area contributed by atoms with Gasteiger partial charge in [-0.25, -0.2) is 0 Å². The Bertz CT molecular complexity index is 578. The van der Waals surface area contributed by atoms with Crippen molar-refractivity contribution in [1.82, 2.24) is 10.2 Å². The van der Waals surface area contributed by atoms with Gasteiger partial charge in [0.2, 0.25) is 0 Å². The molecule has 0 aliphatic carbocycles. The Morgan fingerprint density at radius 3 is 2.67 bits per heavy atom. The molecule has 0 bridgehead atoms. The molecular formula is C13H13BrN4. The highest BCUT2D eigenvalue weighted by Gasteiger charge is 2.18. The molecule has 2 rings (SSSR count). The van der Waals surface area contributed by atoms with Gasteiger partial charge in [0.25, 0.3) is 0 Å². The van der Waals surface area contributed by atoms with Gasteiger partial charge in [0.05, 0.1) is 11.8 Å². The lowest BCUT2D eigenvalue weighted by Crippen LogP contribution is -2.10. The Morgan fingerprint density at radius 2 is 2.11 bits per heavy atom. The number of hydrogen-bond donors (Lipinski definition) is 2. The second kappa shape index (κ2) is 5.23. The number of aryl methyl sites for hydroxylation is 2. The zero-order chi connectivity index (χ0) is 13.1. The van der Waals surface area contributed by atoms with E-state index >= 15 is 0 Å². The molecule has 4 nitrogen and oxygen atoms in total. The van der Waals surface area contributed by atoms with Crippen LogP contribution in [0.1, 0.15) is 23.0 Å². The van der Waals surface area contributed by atoms with Crippen molar-refractivity contribution in [1.29, 1.82) is 5.26 Å². The van der Waals surface area contributed by atoms with Gasteiger partial charge in [0, 0.05) is 21.4 Å². The summed E-state index contributed by atoms with van der Waals surface area (Å²) < 4.78 is 0.934. The molecule has 92 valence electrons. The lowest BCUT2D eigenvalue weighted by molar-refractivity contribution is 0.967. The van der Waals surface area contributed by atoms with E-state index in [9.17, 15) is 5.26 Å². The van der Waals surface area contributed by atoms with Crippen LogP contribution in [-0.2, 0) is 0 Å². The first-order valence-corrected chi connectivity index (χ1v) is 6.35. The minimum atomic E-state index is -0.414. The molecule has 2 aromatic rings. The van der Waals surface area contributed by atoms with Crippen LogP contribution in [0.5, 0.6) is 0 Å². The fraction of sp³-hybridized carbons (Fsp3) is 0.231. The van der Waals surface area contributed by atoms with Gasteiger partial charge in [-0.2, -0.15) is 10.4 Å². The first-order valence-electron chi connectivity index (χ1n) is 5.55. The molecule has 0 aliphatic rings. The van der Waals surface area contributed by atoms with E-state index < -0.39 is 6.04 Å². The van der Waals surface area contributed by atoms with Gasteiger partial charge in [-0.15, -0.1) is 0 Å². The Kier molecular flexibility index (Phi) is 3.68. The second-order valence-corrected chi connectivity index (χ2v) is 4.89. The fourth-order valence-corrected chi connectivity index (χ4v) is 2.29. The number of benzene rings is 1. The molecule has 1 aromatic carbocycles. The zero-order valence-corrected chi connectivity index (χ0v) is 11.7. The molecule has 0 fully saturated rings. The van der Waals surface area contributed by atoms with E-state index in [2.05, 4.69) is 37.5 Å². The Balaban J connectivity index is 2.32. The quantitative estimate of drug-likeness (QED) is 0.912. The number of halogens is 1. The number of aromatic nitrogens is 2. The van der Waals surface area contributed by atoms with Crippen LogP contribution < -0.4 is 5.32 Å². The molecule has 2 N–H and O–H groups in total. The molecule has 0 amide bonds. The summed E-state index contributed by atoms with van der Waals surface area (Å²) in [5.74, 6) is 0. The smallest absolute Gasteiger partial charge is 0.143 e. The van der Waals surface area contributed by atoms with Crippen LogP contribution in [0.4, 0.5) is 5.69 Å². The minimum absolute atomic E-state index is 0.414. The number of nitrogens with zero attached hydrogens (tertiary/aromatic N) is 2. The summed E-state index contributed by atoms with van der Waals surface area (Å²) >= 11 is 3.46. The average molecular weight is 305 g/mol. The van der Waals surface area contributed by atoms with Crippen LogP contribution in [0, 0.1) is 25.2 Å². The Labute approximate surface area is 114 Å². The molecule has 1 unspecified atom stereocenters. The SMILES string of the molecule is Cc1n[nH]c(C)c1C(C#N)Nc1ccccc1Br. The average Bonchev–Trinajstić information content (AvgIpc) is 2.69. The molecule has 0 aliphatic heterocycles. The highest BCUT2D eigenvalue weighted by molar-refractivity contribution is 9.10. The Morgan fingerprint density at radius 1 is 1.39 bits per heavy atom. The molecule has 0 saturated heterocycles. The number of nitriles is 1. The van der Waals surface area contributed by atoms with Crippen LogP contribution in [0.3, 0.4) is 0 Å². The van der Waals surface area contributed by atoms with E-state index in [1.54, 1.807) is 0 Å². The minimum Gasteiger partial charge on any atom is -0.365 e. The molecule has 0 spiro atoms. The van der Waals surface area contributed by atoms with E-state index in [1.807, 2.05) is 38.1 Å². The van der Waals surface area contributed by atoms with Crippen LogP contribution in [0.15, 0.2) is 28.7 Å². The lowest BCUT2D eigenvalue weighted by Gasteiger charge is -2.14. The van der Waals surface area contributed by atoms with Gasteiger partial charge in [0.1, 0.15) is 6.04 Å². The van der Waals surface area contributed by atoms with E-state index in [-0.39, 0.29) is 0 Å². The van der Waals surface area contributed by atoms with Crippen molar-refractivity contribution in [2.24, 2.45) is 0 Å². The number of anilines is 1. The van der Waals surface area contributed by atoms with Gasteiger partial charge in [-0.05, 0) is 41.9 Å². The van der Waals surface area contributed by atoms with Gasteiger partial charge < -0.3 is 5.32 Å². The number of rotatable bonds is 3. The van der Waals surface area contributed by atoms with Gasteiger partial charge in [-0.3, -0.25) is 5.10 Å². The molecule has 1 aromatic heterocycles. The summed E-state index contributed by atoms with van der Waals surface area (Å²) in [4.78, 5) is 0. The first-order chi connectivity index (χ1) is 8.63.